The fourth-order valence-corrected chi connectivity index (χ4v) is 0.506. The number of nitrogens with zero attached hydrogens (tertiary/aromatic N) is 1. The van der Waals surface area contributed by atoms with Crippen LogP contribution in [0.15, 0.2) is 29.4 Å². The van der Waals surface area contributed by atoms with E-state index in [4.69, 9.17) is 0 Å². The summed E-state index contributed by atoms with van der Waals surface area (Å²) in [4.78, 5) is 4.71. The summed E-state index contributed by atoms with van der Waals surface area (Å²) in [6.45, 7) is 0. The Morgan fingerprint density at radius 1 is 1.50 bits per heavy atom. The summed E-state index contributed by atoms with van der Waals surface area (Å²) in [5.74, 6) is 0. The van der Waals surface area contributed by atoms with Crippen molar-refractivity contribution in [3.63, 3.8) is 0 Å². The van der Waals surface area contributed by atoms with E-state index in [0.717, 1.165) is 4.90 Å². The van der Waals surface area contributed by atoms with Crippen LogP contribution in [0, 0.1) is 0 Å². The van der Waals surface area contributed by atoms with E-state index < -0.39 is 0 Å². The molecular weight excluding hydrogens is 129 g/mol. The molecule has 1 heterocycles. The first-order chi connectivity index (χ1) is 3.39. The molecule has 3 heteroatoms. The quantitative estimate of drug-likeness (QED) is 0.408. The molecule has 0 aliphatic heterocycles. The maximum absolute atomic E-state index is 4.02. The van der Waals surface area contributed by atoms with Gasteiger partial charge in [-0.1, -0.05) is 0 Å². The van der Waals surface area contributed by atoms with Crippen LogP contribution < -0.4 is 0 Å². The van der Waals surface area contributed by atoms with Crippen LogP contribution >= 0.6 is 12.6 Å². The fourth-order valence-electron chi connectivity index (χ4n) is 0.354. The monoisotopic (exact) mass is 135 g/mol. The van der Waals surface area contributed by atoms with E-state index in [1.807, 2.05) is 12.1 Å². The molecule has 0 atom stereocenters. The van der Waals surface area contributed by atoms with E-state index in [9.17, 15) is 0 Å². The summed E-state index contributed by atoms with van der Waals surface area (Å²) in [5.41, 5.74) is 0. The third-order valence-corrected chi connectivity index (χ3v) is 0.910. The summed E-state index contributed by atoms with van der Waals surface area (Å²) >= 11 is 4.02. The molecule has 0 bridgehead atoms. The molecule has 0 amide bonds. The van der Waals surface area contributed by atoms with Crippen LogP contribution in [-0.4, -0.2) is 34.5 Å². The van der Waals surface area contributed by atoms with Crippen molar-refractivity contribution in [1.82, 2.24) is 4.98 Å². The molecule has 1 aromatic rings. The van der Waals surface area contributed by atoms with E-state index in [2.05, 4.69) is 17.6 Å². The molecule has 0 saturated heterocycles. The van der Waals surface area contributed by atoms with Crippen molar-refractivity contribution in [2.45, 2.75) is 4.90 Å². The topological polar surface area (TPSA) is 12.9 Å². The normalized spacial score (nSPS) is 7.62. The van der Waals surface area contributed by atoms with Crippen molar-refractivity contribution < 1.29 is 0 Å². The molecule has 1 nitrogen and oxygen atoms in total. The number of hydrogen-bond donors (Lipinski definition) is 1. The van der Waals surface area contributed by atoms with Gasteiger partial charge in [-0.15, -0.1) is 12.6 Å². The summed E-state index contributed by atoms with van der Waals surface area (Å²) in [6, 6.07) is 3.73. The Kier molecular flexibility index (Phi) is 4.66. The number of rotatable bonds is 0. The SMILES string of the molecule is Sc1cccnc1.[NaH]. The molecule has 1 aromatic heterocycles. The van der Waals surface area contributed by atoms with Crippen molar-refractivity contribution >= 4 is 42.2 Å². The van der Waals surface area contributed by atoms with Crippen LogP contribution in [0.2, 0.25) is 0 Å². The Morgan fingerprint density at radius 2 is 2.25 bits per heavy atom. The van der Waals surface area contributed by atoms with Crippen molar-refractivity contribution in [3.05, 3.63) is 24.5 Å². The molecular formula is C5H6NNaS. The Morgan fingerprint density at radius 3 is 2.50 bits per heavy atom. The van der Waals surface area contributed by atoms with Crippen LogP contribution in [0.1, 0.15) is 0 Å². The summed E-state index contributed by atoms with van der Waals surface area (Å²) in [7, 11) is 0. The number of thiol groups is 1. The van der Waals surface area contributed by atoms with Gasteiger partial charge in [0.05, 0.1) is 0 Å². The Balaban J connectivity index is 0.000000490. The Labute approximate surface area is 76.2 Å². The first-order valence-electron chi connectivity index (χ1n) is 1.98. The zero-order chi connectivity index (χ0) is 5.11. The second-order valence-electron chi connectivity index (χ2n) is 1.21. The van der Waals surface area contributed by atoms with Gasteiger partial charge in [0, 0.05) is 17.3 Å². The summed E-state index contributed by atoms with van der Waals surface area (Å²) in [6.07, 6.45) is 3.42. The van der Waals surface area contributed by atoms with Gasteiger partial charge in [0.15, 0.2) is 0 Å². The van der Waals surface area contributed by atoms with Gasteiger partial charge in [0.1, 0.15) is 0 Å². The van der Waals surface area contributed by atoms with E-state index in [1.165, 1.54) is 0 Å². The molecule has 0 radical (unpaired) electrons. The number of aromatic nitrogens is 1. The molecule has 0 N–H and O–H groups in total. The van der Waals surface area contributed by atoms with Crippen molar-refractivity contribution in [1.29, 1.82) is 0 Å². The van der Waals surface area contributed by atoms with Gasteiger partial charge < -0.3 is 0 Å². The van der Waals surface area contributed by atoms with Gasteiger partial charge >= 0.3 is 29.6 Å². The van der Waals surface area contributed by atoms with Gasteiger partial charge in [0.2, 0.25) is 0 Å². The third-order valence-electron chi connectivity index (χ3n) is 0.646. The van der Waals surface area contributed by atoms with Crippen molar-refractivity contribution in [2.75, 3.05) is 0 Å². The molecule has 0 fully saturated rings. The molecule has 0 aliphatic rings. The Hall–Kier alpha value is 0.500. The average molecular weight is 135 g/mol. The van der Waals surface area contributed by atoms with Crippen LogP contribution in [0.4, 0.5) is 0 Å². The number of pyridine rings is 1. The maximum atomic E-state index is 4.02. The Bertz CT molecular complexity index is 142. The zero-order valence-corrected chi connectivity index (χ0v) is 4.60. The molecule has 1 rings (SSSR count). The predicted octanol–water partition coefficient (Wildman–Crippen LogP) is 0.722. The van der Waals surface area contributed by atoms with E-state index in [1.54, 1.807) is 12.4 Å². The summed E-state index contributed by atoms with van der Waals surface area (Å²) < 4.78 is 0. The molecule has 0 aliphatic carbocycles. The third kappa shape index (κ3) is 2.72. The standard InChI is InChI=1S/C5H5NS.Na.H/c7-5-2-1-3-6-4-5;;/h1-4,7H;;. The minimum atomic E-state index is 0. The van der Waals surface area contributed by atoms with Gasteiger partial charge in [-0.25, -0.2) is 0 Å². The fraction of sp³-hybridized carbons (Fsp3) is 0. The van der Waals surface area contributed by atoms with E-state index in [0.29, 0.717) is 0 Å². The predicted molar refractivity (Wildman–Crippen MR) is 38.6 cm³/mol. The molecule has 0 aromatic carbocycles. The van der Waals surface area contributed by atoms with Gasteiger partial charge in [-0.3, -0.25) is 4.98 Å². The average Bonchev–Trinajstić information content (AvgIpc) is 1.69. The van der Waals surface area contributed by atoms with Crippen LogP contribution in [0.3, 0.4) is 0 Å². The van der Waals surface area contributed by atoms with Crippen LogP contribution in [0.5, 0.6) is 0 Å². The molecule has 0 unspecified atom stereocenters. The summed E-state index contributed by atoms with van der Waals surface area (Å²) in [5, 5.41) is 0. The second kappa shape index (κ2) is 4.39. The van der Waals surface area contributed by atoms with Crippen LogP contribution in [0.25, 0.3) is 0 Å². The van der Waals surface area contributed by atoms with E-state index in [-0.39, 0.29) is 29.6 Å². The molecule has 8 heavy (non-hydrogen) atoms. The molecule has 38 valence electrons. The second-order valence-corrected chi connectivity index (χ2v) is 1.73. The van der Waals surface area contributed by atoms with Gasteiger partial charge in [0.25, 0.3) is 0 Å². The first kappa shape index (κ1) is 8.50. The van der Waals surface area contributed by atoms with Gasteiger partial charge in [-0.2, -0.15) is 0 Å². The van der Waals surface area contributed by atoms with Crippen molar-refractivity contribution in [3.8, 4) is 0 Å². The first-order valence-corrected chi connectivity index (χ1v) is 2.43. The molecule has 0 saturated carbocycles. The number of hydrogen-bond acceptors (Lipinski definition) is 2. The molecule has 0 spiro atoms. The van der Waals surface area contributed by atoms with Crippen LogP contribution in [-0.2, 0) is 0 Å². The zero-order valence-electron chi connectivity index (χ0n) is 3.70. The van der Waals surface area contributed by atoms with E-state index >= 15 is 0 Å². The van der Waals surface area contributed by atoms with Crippen molar-refractivity contribution in [2.24, 2.45) is 0 Å². The van der Waals surface area contributed by atoms with Gasteiger partial charge in [-0.05, 0) is 12.1 Å². The minimum absolute atomic E-state index is 0.